The van der Waals surface area contributed by atoms with Crippen LogP contribution in [0, 0.1) is 34.6 Å². The fraction of sp³-hybridized carbons (Fsp3) is 0.333. The molecule has 0 nitrogen and oxygen atoms in total. The minimum atomic E-state index is 0. The summed E-state index contributed by atoms with van der Waals surface area (Å²) in [6.07, 6.45) is 0. The van der Waals surface area contributed by atoms with Gasteiger partial charge in [0.05, 0.1) is 0 Å². The van der Waals surface area contributed by atoms with Crippen molar-refractivity contribution in [1.29, 1.82) is 0 Å². The summed E-state index contributed by atoms with van der Waals surface area (Å²) in [6, 6.07) is 12.9. The molecule has 104 valence electrons. The summed E-state index contributed by atoms with van der Waals surface area (Å²) >= 11 is 3.41. The van der Waals surface area contributed by atoms with Gasteiger partial charge in [0.15, 0.2) is 0 Å². The molecule has 0 saturated heterocycles. The van der Waals surface area contributed by atoms with E-state index in [0.717, 1.165) is 0 Å². The van der Waals surface area contributed by atoms with E-state index in [2.05, 4.69) is 86.9 Å². The Bertz CT molecular complexity index is 377. The maximum Gasteiger partial charge on any atom is 0.0180 e. The normalized spacial score (nSPS) is 9.16. The average Bonchev–Trinajstić information content (AvgIpc) is 2.12. The van der Waals surface area contributed by atoms with Gasteiger partial charge in [0, 0.05) is 4.47 Å². The highest BCUT2D eigenvalue weighted by Gasteiger charge is 1.89. The zero-order valence-electron chi connectivity index (χ0n) is 11.8. The molecule has 1 heteroatoms. The van der Waals surface area contributed by atoms with E-state index in [1.165, 1.54) is 32.3 Å². The first-order chi connectivity index (χ1) is 8.36. The lowest BCUT2D eigenvalue weighted by Crippen LogP contribution is -1.78. The molecule has 0 aliphatic heterocycles. The fourth-order valence-electron chi connectivity index (χ4n) is 2.12. The van der Waals surface area contributed by atoms with Crippen molar-refractivity contribution in [3.8, 4) is 0 Å². The molecule has 0 unspecified atom stereocenters. The summed E-state index contributed by atoms with van der Waals surface area (Å²) in [7, 11) is 0. The molecular formula is C18H25Br. The Morgan fingerprint density at radius 2 is 0.737 bits per heavy atom. The summed E-state index contributed by atoms with van der Waals surface area (Å²) in [6.45, 7) is 10.6. The van der Waals surface area contributed by atoms with Gasteiger partial charge < -0.3 is 0 Å². The van der Waals surface area contributed by atoms with Crippen LogP contribution in [-0.4, -0.2) is 0 Å². The van der Waals surface area contributed by atoms with Gasteiger partial charge in [0.2, 0.25) is 0 Å². The van der Waals surface area contributed by atoms with Crippen molar-refractivity contribution in [2.45, 2.75) is 42.0 Å². The van der Waals surface area contributed by atoms with Crippen LogP contribution in [0.4, 0.5) is 0 Å². The van der Waals surface area contributed by atoms with E-state index in [1.807, 2.05) is 0 Å². The van der Waals surface area contributed by atoms with Gasteiger partial charge in [-0.3, -0.25) is 0 Å². The largest absolute Gasteiger partial charge is 0.0776 e. The molecule has 0 bridgehead atoms. The molecule has 2 aromatic rings. The van der Waals surface area contributed by atoms with Gasteiger partial charge >= 0.3 is 0 Å². The molecule has 0 saturated carbocycles. The highest BCUT2D eigenvalue weighted by molar-refractivity contribution is 9.10. The van der Waals surface area contributed by atoms with Gasteiger partial charge in [-0.1, -0.05) is 64.3 Å². The Morgan fingerprint density at radius 3 is 0.947 bits per heavy atom. The van der Waals surface area contributed by atoms with Crippen LogP contribution in [0.15, 0.2) is 40.9 Å². The van der Waals surface area contributed by atoms with Crippen LogP contribution >= 0.6 is 15.9 Å². The fourth-order valence-corrected chi connectivity index (χ4v) is 2.84. The number of hydrogen-bond donors (Lipinski definition) is 0. The Morgan fingerprint density at radius 1 is 0.526 bits per heavy atom. The van der Waals surface area contributed by atoms with Crippen LogP contribution in [-0.2, 0) is 0 Å². The zero-order valence-corrected chi connectivity index (χ0v) is 13.4. The van der Waals surface area contributed by atoms with E-state index in [1.54, 1.807) is 0 Å². The second-order valence-corrected chi connectivity index (χ2v) is 5.89. The first-order valence-electron chi connectivity index (χ1n) is 6.15. The molecule has 19 heavy (non-hydrogen) atoms. The SMILES string of the molecule is C.Cc1cc(C)cc(Br)c1.Cc1cc(C)cc(C)c1. The molecule has 0 aliphatic rings. The van der Waals surface area contributed by atoms with E-state index < -0.39 is 0 Å². The van der Waals surface area contributed by atoms with Crippen molar-refractivity contribution in [3.05, 3.63) is 68.7 Å². The highest BCUT2D eigenvalue weighted by atomic mass is 79.9. The molecule has 0 aliphatic carbocycles. The molecule has 0 atom stereocenters. The first kappa shape index (κ1) is 17.9. The van der Waals surface area contributed by atoms with Crippen LogP contribution in [0.5, 0.6) is 0 Å². The molecule has 0 spiro atoms. The molecular weight excluding hydrogens is 296 g/mol. The third kappa shape index (κ3) is 7.17. The number of rotatable bonds is 0. The standard InChI is InChI=1S/C9H12.C8H9Br.CH4/c1-7-4-8(2)6-9(3)5-7;1-6-3-7(2)5-8(9)4-6;/h4-6H,1-3H3;3-5H,1-2H3;1H4. The van der Waals surface area contributed by atoms with Crippen LogP contribution in [0.25, 0.3) is 0 Å². The monoisotopic (exact) mass is 320 g/mol. The Balaban J connectivity index is 0.000000324. The van der Waals surface area contributed by atoms with Crippen LogP contribution in [0.2, 0.25) is 0 Å². The predicted molar refractivity (Wildman–Crippen MR) is 91.0 cm³/mol. The van der Waals surface area contributed by atoms with Crippen LogP contribution in [0.3, 0.4) is 0 Å². The van der Waals surface area contributed by atoms with Gasteiger partial charge in [-0.05, 0) is 57.9 Å². The van der Waals surface area contributed by atoms with Gasteiger partial charge in [0.1, 0.15) is 0 Å². The summed E-state index contributed by atoms with van der Waals surface area (Å²) in [5.74, 6) is 0. The first-order valence-corrected chi connectivity index (χ1v) is 6.95. The van der Waals surface area contributed by atoms with Crippen LogP contribution < -0.4 is 0 Å². The summed E-state index contributed by atoms with van der Waals surface area (Å²) < 4.78 is 1.17. The minimum Gasteiger partial charge on any atom is -0.0776 e. The smallest absolute Gasteiger partial charge is 0.0180 e. The molecule has 0 amide bonds. The van der Waals surface area contributed by atoms with Gasteiger partial charge in [-0.15, -0.1) is 0 Å². The lowest BCUT2D eigenvalue weighted by atomic mass is 10.1. The molecule has 0 radical (unpaired) electrons. The van der Waals surface area contributed by atoms with E-state index in [0.29, 0.717) is 0 Å². The molecule has 0 fully saturated rings. The van der Waals surface area contributed by atoms with E-state index in [9.17, 15) is 0 Å². The second-order valence-electron chi connectivity index (χ2n) is 4.97. The number of aryl methyl sites for hydroxylation is 5. The van der Waals surface area contributed by atoms with Crippen molar-refractivity contribution < 1.29 is 0 Å². The number of halogens is 1. The topological polar surface area (TPSA) is 0 Å². The third-order valence-corrected chi connectivity index (χ3v) is 3.01. The molecule has 0 heterocycles. The predicted octanol–water partition coefficient (Wildman–Crippen LogP) is 6.31. The molecule has 0 N–H and O–H groups in total. The summed E-state index contributed by atoms with van der Waals surface area (Å²) in [5.41, 5.74) is 6.68. The maximum atomic E-state index is 3.41. The highest BCUT2D eigenvalue weighted by Crippen LogP contribution is 2.13. The Kier molecular flexibility index (Phi) is 7.70. The Labute approximate surface area is 127 Å². The van der Waals surface area contributed by atoms with E-state index >= 15 is 0 Å². The molecule has 2 aromatic carbocycles. The van der Waals surface area contributed by atoms with Crippen LogP contribution in [0.1, 0.15) is 35.2 Å². The van der Waals surface area contributed by atoms with Crippen molar-refractivity contribution in [1.82, 2.24) is 0 Å². The quantitative estimate of drug-likeness (QED) is 0.533. The lowest BCUT2D eigenvalue weighted by molar-refractivity contribution is 1.32. The molecule has 0 aromatic heterocycles. The number of benzene rings is 2. The summed E-state index contributed by atoms with van der Waals surface area (Å²) in [4.78, 5) is 0. The average molecular weight is 321 g/mol. The molecule has 2 rings (SSSR count). The second kappa shape index (κ2) is 8.16. The van der Waals surface area contributed by atoms with Crippen molar-refractivity contribution in [2.24, 2.45) is 0 Å². The van der Waals surface area contributed by atoms with Gasteiger partial charge in [-0.2, -0.15) is 0 Å². The maximum absolute atomic E-state index is 3.41. The third-order valence-electron chi connectivity index (χ3n) is 2.55. The number of hydrogen-bond acceptors (Lipinski definition) is 0. The lowest BCUT2D eigenvalue weighted by Gasteiger charge is -1.96. The van der Waals surface area contributed by atoms with E-state index in [4.69, 9.17) is 0 Å². The van der Waals surface area contributed by atoms with Crippen molar-refractivity contribution in [2.75, 3.05) is 0 Å². The Hall–Kier alpha value is -1.08. The zero-order chi connectivity index (χ0) is 13.7. The van der Waals surface area contributed by atoms with Gasteiger partial charge in [-0.25, -0.2) is 0 Å². The van der Waals surface area contributed by atoms with E-state index in [-0.39, 0.29) is 7.43 Å². The van der Waals surface area contributed by atoms with Gasteiger partial charge in [0.25, 0.3) is 0 Å². The van der Waals surface area contributed by atoms with Crippen molar-refractivity contribution in [3.63, 3.8) is 0 Å². The van der Waals surface area contributed by atoms with Crippen molar-refractivity contribution >= 4 is 15.9 Å². The minimum absolute atomic E-state index is 0. The summed E-state index contributed by atoms with van der Waals surface area (Å²) in [5, 5.41) is 0.